The zero-order valence-electron chi connectivity index (χ0n) is 34.9. The van der Waals surface area contributed by atoms with Crippen LogP contribution in [0.1, 0.15) is 88.0 Å². The molecule has 14 nitrogen and oxygen atoms in total. The topological polar surface area (TPSA) is 153 Å². The van der Waals surface area contributed by atoms with Gasteiger partial charge in [-0.2, -0.15) is 0 Å². The third-order valence-electron chi connectivity index (χ3n) is 10.4. The predicted molar refractivity (Wildman–Crippen MR) is 215 cm³/mol. The van der Waals surface area contributed by atoms with Crippen molar-refractivity contribution in [3.8, 4) is 11.6 Å². The van der Waals surface area contributed by atoms with Crippen LogP contribution in [0.5, 0.6) is 0 Å². The number of alkyl carbamates (subject to hydrolysis) is 2. The van der Waals surface area contributed by atoms with Gasteiger partial charge in [0, 0.05) is 50.4 Å². The maximum Gasteiger partial charge on any atom is 0.408 e. The van der Waals surface area contributed by atoms with Crippen molar-refractivity contribution in [3.05, 3.63) is 48.0 Å². The summed E-state index contributed by atoms with van der Waals surface area (Å²) in [6.07, 6.45) is 1.43. The highest BCUT2D eigenvalue weighted by Crippen LogP contribution is 2.33. The van der Waals surface area contributed by atoms with Crippen molar-refractivity contribution >= 4 is 46.1 Å². The van der Waals surface area contributed by atoms with Gasteiger partial charge in [-0.15, -0.1) is 0 Å². The summed E-state index contributed by atoms with van der Waals surface area (Å²) in [5, 5.41) is 5.44. The van der Waals surface area contributed by atoms with Crippen LogP contribution in [0.25, 0.3) is 33.7 Å². The first-order valence-electron chi connectivity index (χ1n) is 20.1. The predicted octanol–water partition coefficient (Wildman–Crippen LogP) is 6.78. The largest absolute Gasteiger partial charge is 0.444 e. The molecule has 2 aromatic heterocycles. The van der Waals surface area contributed by atoms with E-state index >= 15 is 0 Å². The fraction of sp³-hybridized carbons (Fsp3) is 0.571. The van der Waals surface area contributed by atoms with E-state index in [2.05, 4.69) is 10.6 Å². The summed E-state index contributed by atoms with van der Waals surface area (Å²) in [4.78, 5) is 66.7. The second-order valence-corrected chi connectivity index (χ2v) is 17.7. The van der Waals surface area contributed by atoms with E-state index in [9.17, 15) is 28.0 Å². The molecule has 2 aliphatic rings. The second kappa shape index (κ2) is 16.5. The summed E-state index contributed by atoms with van der Waals surface area (Å²) in [5.74, 6) is -0.895. The summed E-state index contributed by atoms with van der Waals surface area (Å²) < 4.78 is 44.2. The first-order chi connectivity index (χ1) is 27.2. The van der Waals surface area contributed by atoms with Crippen LogP contribution >= 0.6 is 0 Å². The van der Waals surface area contributed by atoms with E-state index in [-0.39, 0.29) is 42.9 Å². The van der Waals surface area contributed by atoms with Crippen LogP contribution in [0.15, 0.2) is 36.4 Å². The lowest BCUT2D eigenvalue weighted by atomic mass is 10.0. The molecule has 2 N–H and O–H groups in total. The van der Waals surface area contributed by atoms with E-state index in [0.717, 1.165) is 12.8 Å². The Balaban J connectivity index is 1.35. The average molecular weight is 807 g/mol. The van der Waals surface area contributed by atoms with Gasteiger partial charge in [-0.25, -0.2) is 28.3 Å². The molecule has 4 atom stereocenters. The second-order valence-electron chi connectivity index (χ2n) is 17.7. The first-order valence-corrected chi connectivity index (χ1v) is 20.1. The van der Waals surface area contributed by atoms with Crippen LogP contribution in [-0.4, -0.2) is 101 Å². The summed E-state index contributed by atoms with van der Waals surface area (Å²) in [7, 11) is 0. The monoisotopic (exact) mass is 806 g/mol. The quantitative estimate of drug-likeness (QED) is 0.178. The summed E-state index contributed by atoms with van der Waals surface area (Å²) >= 11 is 0. The van der Waals surface area contributed by atoms with Crippen molar-refractivity contribution in [1.82, 2.24) is 39.5 Å². The number of carbonyl (C=O) groups excluding carboxylic acids is 4. The van der Waals surface area contributed by atoms with Crippen molar-refractivity contribution in [2.24, 2.45) is 5.92 Å². The highest BCUT2D eigenvalue weighted by atomic mass is 19.1. The Morgan fingerprint density at radius 3 is 1.57 bits per heavy atom. The molecule has 0 saturated carbocycles. The third kappa shape index (κ3) is 9.53. The fourth-order valence-electron chi connectivity index (χ4n) is 7.89. The number of ether oxygens (including phenoxy) is 2. The van der Waals surface area contributed by atoms with E-state index in [1.165, 1.54) is 24.3 Å². The summed E-state index contributed by atoms with van der Waals surface area (Å²) in [5.41, 5.74) is 0.515. The Bertz CT molecular complexity index is 2190. The number of likely N-dealkylation sites (tertiary alicyclic amines) is 2. The Kier molecular flexibility index (Phi) is 12.1. The van der Waals surface area contributed by atoms with Crippen LogP contribution in [0.3, 0.4) is 0 Å². The van der Waals surface area contributed by atoms with E-state index in [0.29, 0.717) is 59.6 Å². The van der Waals surface area contributed by atoms with Crippen molar-refractivity contribution in [2.75, 3.05) is 13.1 Å². The molecule has 0 spiro atoms. The van der Waals surface area contributed by atoms with Gasteiger partial charge in [-0.1, -0.05) is 13.8 Å². The average Bonchev–Trinajstić information content (AvgIpc) is 3.91. The minimum absolute atomic E-state index is 0.229. The van der Waals surface area contributed by atoms with Gasteiger partial charge in [-0.3, -0.25) is 9.59 Å². The van der Waals surface area contributed by atoms with Crippen LogP contribution in [0.4, 0.5) is 18.4 Å². The van der Waals surface area contributed by atoms with Gasteiger partial charge in [-0.05, 0) is 104 Å². The molecule has 2 saturated heterocycles. The lowest BCUT2D eigenvalue weighted by molar-refractivity contribution is -0.135. The Hall–Kier alpha value is -5.28. The molecule has 0 aliphatic carbocycles. The van der Waals surface area contributed by atoms with Gasteiger partial charge in [0.05, 0.1) is 22.1 Å². The van der Waals surface area contributed by atoms with Gasteiger partial charge >= 0.3 is 12.2 Å². The molecule has 4 aromatic rings. The molecular weight excluding hydrogens is 751 g/mol. The zero-order chi connectivity index (χ0) is 42.3. The summed E-state index contributed by atoms with van der Waals surface area (Å²) in [6.45, 7) is 17.4. The van der Waals surface area contributed by atoms with Gasteiger partial charge in [0.25, 0.3) is 0 Å². The number of amides is 4. The number of rotatable bonds is 10. The number of nitrogens with zero attached hydrogens (tertiary/aromatic N) is 6. The molecule has 0 bridgehead atoms. The molecule has 4 amide bonds. The molecule has 2 fully saturated rings. The highest BCUT2D eigenvalue weighted by Gasteiger charge is 2.38. The highest BCUT2D eigenvalue weighted by molar-refractivity contribution is 5.88. The van der Waals surface area contributed by atoms with E-state index < -0.39 is 47.1 Å². The molecule has 6 rings (SSSR count). The molecule has 314 valence electrons. The molecule has 0 unspecified atom stereocenters. The summed E-state index contributed by atoms with van der Waals surface area (Å²) in [6, 6.07) is 6.38. The number of nitrogens with one attached hydrogen (secondary N) is 2. The number of carbonyl (C=O) groups is 4. The van der Waals surface area contributed by atoms with E-state index in [1.54, 1.807) is 70.4 Å². The number of hydrogen-bond donors (Lipinski definition) is 2. The van der Waals surface area contributed by atoms with Crippen LogP contribution in [0, 0.1) is 17.6 Å². The maximum atomic E-state index is 14.7. The van der Waals surface area contributed by atoms with Gasteiger partial charge < -0.3 is 39.0 Å². The lowest BCUT2D eigenvalue weighted by Crippen LogP contribution is -2.53. The SMILES string of the molecule is CC(C)[C@@H](NC(=O)OC(C)(C)C)C(=O)N1CCC[C@H]1Cn1c(-c2nc3cc(F)ccc3n2C[C@@H]2CCCN2C(=O)[C@@H](C)NC(=O)OC(C)(C)C)nc2cc(F)ccc21. The fourth-order valence-corrected chi connectivity index (χ4v) is 7.89. The number of halogens is 2. The van der Waals surface area contributed by atoms with Crippen molar-refractivity contribution in [3.63, 3.8) is 0 Å². The van der Waals surface area contributed by atoms with Gasteiger partial charge in [0.1, 0.15) is 34.9 Å². The zero-order valence-corrected chi connectivity index (χ0v) is 34.9. The molecule has 0 radical (unpaired) electrons. The number of imidazole rings is 2. The smallest absolute Gasteiger partial charge is 0.408 e. The number of hydrogen-bond acceptors (Lipinski definition) is 8. The van der Waals surface area contributed by atoms with Crippen LogP contribution in [-0.2, 0) is 32.2 Å². The normalized spacial score (nSPS) is 18.6. The molecule has 16 heteroatoms. The Morgan fingerprint density at radius 1 is 0.707 bits per heavy atom. The first kappa shape index (κ1) is 42.3. The van der Waals surface area contributed by atoms with Gasteiger partial charge in [0.2, 0.25) is 11.8 Å². The number of aromatic nitrogens is 4. The van der Waals surface area contributed by atoms with E-state index in [1.807, 2.05) is 23.0 Å². The van der Waals surface area contributed by atoms with Crippen LogP contribution < -0.4 is 10.6 Å². The molecule has 2 aromatic carbocycles. The van der Waals surface area contributed by atoms with E-state index in [4.69, 9.17) is 19.4 Å². The Labute approximate surface area is 337 Å². The van der Waals surface area contributed by atoms with Crippen molar-refractivity contribution < 1.29 is 37.4 Å². The van der Waals surface area contributed by atoms with Crippen molar-refractivity contribution in [2.45, 2.75) is 136 Å². The molecule has 2 aliphatic heterocycles. The molecule has 58 heavy (non-hydrogen) atoms. The lowest BCUT2D eigenvalue weighted by Gasteiger charge is -2.32. The standard InChI is InChI=1S/C42H56F2N8O6/c1-24(2)34(48-40(56)58-42(7,8)9)38(54)50-19-11-13-29(50)23-52-33-17-15-27(44)21-31(33)47-36(52)35-46-30-20-26(43)14-16-32(30)51(35)22-28-12-10-18-49(28)37(53)25(3)45-39(55)57-41(4,5)6/h14-17,20-21,24-25,28-29,34H,10-13,18-19,22-23H2,1-9H3,(H,45,55)(H,48,56)/t25-,28+,29+,34-/m1/s1. The minimum atomic E-state index is -0.852. The number of benzene rings is 2. The minimum Gasteiger partial charge on any atom is -0.444 e. The molecule has 4 heterocycles. The third-order valence-corrected chi connectivity index (χ3v) is 10.4. The Morgan fingerprint density at radius 2 is 1.14 bits per heavy atom. The van der Waals surface area contributed by atoms with Gasteiger partial charge in [0.15, 0.2) is 11.6 Å². The number of fused-ring (bicyclic) bond motifs is 2. The maximum absolute atomic E-state index is 14.7. The van der Waals surface area contributed by atoms with Crippen molar-refractivity contribution in [1.29, 1.82) is 0 Å². The molecular formula is C42H56F2N8O6. The van der Waals surface area contributed by atoms with Crippen LogP contribution in [0.2, 0.25) is 0 Å².